The van der Waals surface area contributed by atoms with Crippen molar-refractivity contribution < 1.29 is 9.53 Å². The molecule has 0 aromatic heterocycles. The molecule has 1 rings (SSSR count). The topological polar surface area (TPSA) is 32.8 Å². The van der Waals surface area contributed by atoms with E-state index in [9.17, 15) is 4.79 Å². The first-order valence-corrected chi connectivity index (χ1v) is 6.64. The number of allylic oxidation sites excluding steroid dienone is 1. The van der Waals surface area contributed by atoms with Crippen LogP contribution >= 0.6 is 11.9 Å². The molecule has 16 heavy (non-hydrogen) atoms. The van der Waals surface area contributed by atoms with Crippen LogP contribution in [0.1, 0.15) is 12.8 Å². The molecule has 0 unspecified atom stereocenters. The lowest BCUT2D eigenvalue weighted by Crippen LogP contribution is -2.42. The van der Waals surface area contributed by atoms with Crippen molar-refractivity contribution >= 4 is 17.9 Å². The Balaban J connectivity index is 2.25. The van der Waals surface area contributed by atoms with Crippen LogP contribution in [0.3, 0.4) is 0 Å². The summed E-state index contributed by atoms with van der Waals surface area (Å²) in [5.41, 5.74) is 1.05. The van der Waals surface area contributed by atoms with E-state index in [-0.39, 0.29) is 5.97 Å². The van der Waals surface area contributed by atoms with Crippen molar-refractivity contribution in [1.82, 2.24) is 9.21 Å². The highest BCUT2D eigenvalue weighted by molar-refractivity contribution is 7.96. The lowest BCUT2D eigenvalue weighted by molar-refractivity contribution is -0.140. The van der Waals surface area contributed by atoms with Crippen LogP contribution in [-0.4, -0.2) is 54.7 Å². The van der Waals surface area contributed by atoms with Crippen molar-refractivity contribution in [1.29, 1.82) is 0 Å². The van der Waals surface area contributed by atoms with Gasteiger partial charge >= 0.3 is 5.97 Å². The van der Waals surface area contributed by atoms with Crippen molar-refractivity contribution in [3.63, 3.8) is 0 Å². The second kappa shape index (κ2) is 6.81. The maximum Gasteiger partial charge on any atom is 0.305 e. The van der Waals surface area contributed by atoms with E-state index in [4.69, 9.17) is 0 Å². The number of hydrogen-bond acceptors (Lipinski definition) is 5. The Kier molecular flexibility index (Phi) is 5.69. The molecule has 0 aromatic rings. The van der Waals surface area contributed by atoms with Gasteiger partial charge in [0.25, 0.3) is 0 Å². The molecule has 92 valence electrons. The van der Waals surface area contributed by atoms with Gasteiger partial charge in [-0.15, -0.1) is 0 Å². The summed E-state index contributed by atoms with van der Waals surface area (Å²) < 4.78 is 6.95. The highest BCUT2D eigenvalue weighted by Crippen LogP contribution is 2.16. The first-order chi connectivity index (χ1) is 7.67. The van der Waals surface area contributed by atoms with Crippen LogP contribution in [0.25, 0.3) is 0 Å². The van der Waals surface area contributed by atoms with Crippen LogP contribution in [0.5, 0.6) is 0 Å². The van der Waals surface area contributed by atoms with Gasteiger partial charge in [-0.25, -0.2) is 4.31 Å². The lowest BCUT2D eigenvalue weighted by atomic mass is 10.2. The Bertz CT molecular complexity index is 250. The number of carbonyl (C=O) groups is 1. The van der Waals surface area contributed by atoms with Gasteiger partial charge in [-0.05, 0) is 12.7 Å². The summed E-state index contributed by atoms with van der Waals surface area (Å²) in [7, 11) is 1.42. The van der Waals surface area contributed by atoms with Gasteiger partial charge < -0.3 is 9.64 Å². The summed E-state index contributed by atoms with van der Waals surface area (Å²) in [6, 6.07) is 0. The molecule has 1 saturated heterocycles. The number of ether oxygens (including phenoxy) is 1. The van der Waals surface area contributed by atoms with Crippen LogP contribution in [0.4, 0.5) is 0 Å². The van der Waals surface area contributed by atoms with E-state index in [0.717, 1.165) is 31.9 Å². The molecule has 1 fully saturated rings. The summed E-state index contributed by atoms with van der Waals surface area (Å²) in [4.78, 5) is 13.3. The second-order valence-corrected chi connectivity index (χ2v) is 4.62. The maximum atomic E-state index is 11.0. The molecule has 0 radical (unpaired) electrons. The number of carbonyl (C=O) groups excluding carboxylic acids is 1. The van der Waals surface area contributed by atoms with Gasteiger partial charge in [-0.2, -0.15) is 0 Å². The number of methoxy groups -OCH3 is 1. The number of piperazine rings is 1. The standard InChI is InChI=1S/C11H20N2O2S/c1-10(4-5-11(14)15-2)12-6-8-13(16-3)9-7-12/h1,4-9H2,2-3H3. The molecule has 0 N–H and O–H groups in total. The number of esters is 1. The summed E-state index contributed by atoms with van der Waals surface area (Å²) in [5.74, 6) is -0.163. The van der Waals surface area contributed by atoms with E-state index in [1.54, 1.807) is 11.9 Å². The normalized spacial score (nSPS) is 17.2. The number of hydrogen-bond donors (Lipinski definition) is 0. The maximum absolute atomic E-state index is 11.0. The third kappa shape index (κ3) is 4.06. The van der Waals surface area contributed by atoms with Crippen molar-refractivity contribution in [2.45, 2.75) is 12.8 Å². The zero-order valence-electron chi connectivity index (χ0n) is 10.1. The zero-order valence-corrected chi connectivity index (χ0v) is 10.9. The third-order valence-corrected chi connectivity index (χ3v) is 3.67. The largest absolute Gasteiger partial charge is 0.469 e. The lowest BCUT2D eigenvalue weighted by Gasteiger charge is -2.35. The molecule has 0 bridgehead atoms. The minimum atomic E-state index is -0.163. The van der Waals surface area contributed by atoms with Crippen LogP contribution in [-0.2, 0) is 9.53 Å². The highest BCUT2D eigenvalue weighted by Gasteiger charge is 2.17. The molecule has 0 aromatic carbocycles. The summed E-state index contributed by atoms with van der Waals surface area (Å²) in [6.07, 6.45) is 3.23. The van der Waals surface area contributed by atoms with Crippen molar-refractivity contribution in [3.05, 3.63) is 12.3 Å². The first-order valence-electron chi connectivity index (χ1n) is 5.46. The van der Waals surface area contributed by atoms with Gasteiger partial charge in [-0.3, -0.25) is 4.79 Å². The molecule has 0 spiro atoms. The molecular formula is C11H20N2O2S. The van der Waals surface area contributed by atoms with Crippen LogP contribution in [0.15, 0.2) is 12.3 Å². The van der Waals surface area contributed by atoms with Crippen LogP contribution in [0.2, 0.25) is 0 Å². The van der Waals surface area contributed by atoms with Gasteiger partial charge in [0.15, 0.2) is 0 Å². The minimum Gasteiger partial charge on any atom is -0.469 e. The molecule has 0 amide bonds. The predicted molar refractivity (Wildman–Crippen MR) is 67.1 cm³/mol. The molecule has 0 atom stereocenters. The van der Waals surface area contributed by atoms with Crippen LogP contribution < -0.4 is 0 Å². The Morgan fingerprint density at radius 1 is 1.31 bits per heavy atom. The fourth-order valence-corrected chi connectivity index (χ4v) is 2.22. The SMILES string of the molecule is C=C(CCC(=O)OC)N1CCN(SC)CC1. The first kappa shape index (κ1) is 13.4. The number of rotatable bonds is 5. The Morgan fingerprint density at radius 3 is 2.44 bits per heavy atom. The molecular weight excluding hydrogens is 224 g/mol. The van der Waals surface area contributed by atoms with Gasteiger partial charge in [0.05, 0.1) is 13.5 Å². The number of nitrogens with zero attached hydrogens (tertiary/aromatic N) is 2. The van der Waals surface area contributed by atoms with Gasteiger partial charge in [-0.1, -0.05) is 18.5 Å². The fraction of sp³-hybridized carbons (Fsp3) is 0.727. The third-order valence-electron chi connectivity index (χ3n) is 2.79. The molecule has 1 aliphatic heterocycles. The van der Waals surface area contributed by atoms with Crippen molar-refractivity contribution in [3.8, 4) is 0 Å². The van der Waals surface area contributed by atoms with Crippen molar-refractivity contribution in [2.75, 3.05) is 39.5 Å². The predicted octanol–water partition coefficient (Wildman–Crippen LogP) is 1.35. The average Bonchev–Trinajstić information content (AvgIpc) is 2.35. The Hall–Kier alpha value is -0.680. The molecule has 4 nitrogen and oxygen atoms in total. The summed E-state index contributed by atoms with van der Waals surface area (Å²) in [6.45, 7) is 8.14. The monoisotopic (exact) mass is 244 g/mol. The molecule has 1 aliphatic rings. The zero-order chi connectivity index (χ0) is 12.0. The summed E-state index contributed by atoms with van der Waals surface area (Å²) >= 11 is 1.78. The minimum absolute atomic E-state index is 0.163. The smallest absolute Gasteiger partial charge is 0.305 e. The molecule has 1 heterocycles. The van der Waals surface area contributed by atoms with E-state index in [0.29, 0.717) is 12.8 Å². The Morgan fingerprint density at radius 2 is 1.94 bits per heavy atom. The average molecular weight is 244 g/mol. The molecule has 0 saturated carbocycles. The Labute approximate surface area is 102 Å². The van der Waals surface area contributed by atoms with E-state index in [1.165, 1.54) is 7.11 Å². The van der Waals surface area contributed by atoms with E-state index < -0.39 is 0 Å². The summed E-state index contributed by atoms with van der Waals surface area (Å²) in [5, 5.41) is 0. The molecule has 0 aliphatic carbocycles. The van der Waals surface area contributed by atoms with Crippen LogP contribution in [0, 0.1) is 0 Å². The van der Waals surface area contributed by atoms with Gasteiger partial charge in [0.1, 0.15) is 0 Å². The fourth-order valence-electron chi connectivity index (χ4n) is 1.69. The molecule has 5 heteroatoms. The van der Waals surface area contributed by atoms with Crippen molar-refractivity contribution in [2.24, 2.45) is 0 Å². The van der Waals surface area contributed by atoms with Gasteiger partial charge in [0, 0.05) is 31.9 Å². The highest BCUT2D eigenvalue weighted by atomic mass is 32.2. The van der Waals surface area contributed by atoms with E-state index >= 15 is 0 Å². The van der Waals surface area contributed by atoms with Gasteiger partial charge in [0.2, 0.25) is 0 Å². The van der Waals surface area contributed by atoms with E-state index in [2.05, 4.69) is 26.8 Å². The quantitative estimate of drug-likeness (QED) is 0.538. The van der Waals surface area contributed by atoms with E-state index in [1.807, 2.05) is 0 Å². The second-order valence-electron chi connectivity index (χ2n) is 3.74.